The van der Waals surface area contributed by atoms with Crippen LogP contribution in [0.2, 0.25) is 5.02 Å². The van der Waals surface area contributed by atoms with Gasteiger partial charge in [0.2, 0.25) is 5.91 Å². The molecule has 0 unspecified atom stereocenters. The summed E-state index contributed by atoms with van der Waals surface area (Å²) in [5.74, 6) is 0.319. The van der Waals surface area contributed by atoms with Gasteiger partial charge in [-0.3, -0.25) is 14.5 Å². The summed E-state index contributed by atoms with van der Waals surface area (Å²) in [5.41, 5.74) is 1.54. The largest absolute Gasteiger partial charge is 0.367 e. The average molecular weight is 433 g/mol. The monoisotopic (exact) mass is 432 g/mol. The Morgan fingerprint density at radius 3 is 2.48 bits per heavy atom. The number of amidine groups is 1. The van der Waals surface area contributed by atoms with E-state index >= 15 is 0 Å². The van der Waals surface area contributed by atoms with E-state index in [1.165, 1.54) is 0 Å². The van der Waals surface area contributed by atoms with Crippen molar-refractivity contribution >= 4 is 39.1 Å². The molecular weight excluding hydrogens is 412 g/mol. The molecule has 0 aromatic heterocycles. The zero-order valence-electron chi connectivity index (χ0n) is 15.7. The zero-order chi connectivity index (χ0) is 20.4. The number of carbonyl (C=O) groups excluding carboxylic acids is 1. The van der Waals surface area contributed by atoms with Gasteiger partial charge in [-0.15, -0.1) is 0 Å². The molecule has 0 atom stereocenters. The predicted molar refractivity (Wildman–Crippen MR) is 113 cm³/mol. The molecule has 1 amide bonds. The van der Waals surface area contributed by atoms with Gasteiger partial charge in [0.1, 0.15) is 5.84 Å². The summed E-state index contributed by atoms with van der Waals surface area (Å²) in [6, 6.07) is 14.4. The van der Waals surface area contributed by atoms with Gasteiger partial charge in [0, 0.05) is 38.2 Å². The van der Waals surface area contributed by atoms with Gasteiger partial charge < -0.3 is 9.80 Å². The van der Waals surface area contributed by atoms with Crippen molar-refractivity contribution in [3.05, 3.63) is 59.1 Å². The summed E-state index contributed by atoms with van der Waals surface area (Å²) in [6.45, 7) is 2.91. The van der Waals surface area contributed by atoms with Crippen LogP contribution in [0.4, 0.5) is 5.69 Å². The molecule has 2 aliphatic rings. The minimum Gasteiger partial charge on any atom is -0.367 e. The lowest BCUT2D eigenvalue weighted by Crippen LogP contribution is -2.49. The van der Waals surface area contributed by atoms with Gasteiger partial charge in [-0.2, -0.15) is 0 Å². The van der Waals surface area contributed by atoms with E-state index in [-0.39, 0.29) is 23.8 Å². The molecule has 2 heterocycles. The zero-order valence-corrected chi connectivity index (χ0v) is 17.3. The van der Waals surface area contributed by atoms with Crippen LogP contribution in [0.3, 0.4) is 0 Å². The van der Waals surface area contributed by atoms with Crippen molar-refractivity contribution < 1.29 is 13.2 Å². The number of sulfonamides is 1. The highest BCUT2D eigenvalue weighted by Gasteiger charge is 2.30. The van der Waals surface area contributed by atoms with Gasteiger partial charge in [-0.1, -0.05) is 35.9 Å². The molecule has 0 bridgehead atoms. The molecule has 0 radical (unpaired) electrons. The maximum absolute atomic E-state index is 12.5. The van der Waals surface area contributed by atoms with Crippen molar-refractivity contribution in [3.8, 4) is 0 Å². The Hall–Kier alpha value is -2.58. The summed E-state index contributed by atoms with van der Waals surface area (Å²) in [6.07, 6.45) is 0.236. The number of nitrogens with one attached hydrogen (secondary N) is 1. The fourth-order valence-electron chi connectivity index (χ4n) is 3.58. The van der Waals surface area contributed by atoms with Crippen molar-refractivity contribution in [1.82, 2.24) is 9.62 Å². The first kappa shape index (κ1) is 19.7. The normalized spacial score (nSPS) is 19.1. The third kappa shape index (κ3) is 4.09. The molecule has 2 aromatic carbocycles. The standard InChI is InChI=1S/C20H21ClN4O3S/c21-16-6-2-3-7-17(16)24-11-13-25(14-12-24)19(26)9-10-22-20-15-5-1-4-8-18(15)29(27,28)23-20/h1-8H,9-14H2,(H,22,23). The highest BCUT2D eigenvalue weighted by Crippen LogP contribution is 2.26. The number of amides is 1. The number of aliphatic imine (C=N–C) groups is 1. The molecule has 4 rings (SSSR count). The SMILES string of the molecule is O=C(CCN=C1NS(=O)(=O)c2ccccc21)N1CCN(c2ccccc2Cl)CC1. The highest BCUT2D eigenvalue weighted by molar-refractivity contribution is 7.90. The van der Waals surface area contributed by atoms with Crippen LogP contribution in [-0.2, 0) is 14.8 Å². The van der Waals surface area contributed by atoms with Crippen LogP contribution in [0, 0.1) is 0 Å². The second kappa shape index (κ2) is 8.04. The number of hydrogen-bond donors (Lipinski definition) is 1. The van der Waals surface area contributed by atoms with Crippen LogP contribution in [0.1, 0.15) is 12.0 Å². The fraction of sp³-hybridized carbons (Fsp3) is 0.300. The Balaban J connectivity index is 1.33. The number of hydrogen-bond acceptors (Lipinski definition) is 5. The fourth-order valence-corrected chi connectivity index (χ4v) is 5.08. The van der Waals surface area contributed by atoms with Crippen LogP contribution in [0.25, 0.3) is 0 Å². The molecule has 2 aromatic rings. The molecule has 1 saturated heterocycles. The first-order valence-electron chi connectivity index (χ1n) is 9.39. The third-order valence-corrected chi connectivity index (χ3v) is 6.80. The van der Waals surface area contributed by atoms with Crippen LogP contribution in [0.5, 0.6) is 0 Å². The molecule has 0 saturated carbocycles. The second-order valence-corrected chi connectivity index (χ2v) is 8.96. The molecule has 0 spiro atoms. The Morgan fingerprint density at radius 1 is 1.03 bits per heavy atom. The quantitative estimate of drug-likeness (QED) is 0.802. The van der Waals surface area contributed by atoms with Crippen molar-refractivity contribution in [2.45, 2.75) is 11.3 Å². The molecule has 2 aliphatic heterocycles. The number of anilines is 1. The molecule has 1 N–H and O–H groups in total. The number of benzene rings is 2. The van der Waals surface area contributed by atoms with E-state index in [2.05, 4.69) is 14.6 Å². The molecule has 0 aliphatic carbocycles. The van der Waals surface area contributed by atoms with Crippen LogP contribution in [0.15, 0.2) is 58.4 Å². The van der Waals surface area contributed by atoms with Crippen molar-refractivity contribution in [1.29, 1.82) is 0 Å². The molecule has 152 valence electrons. The van der Waals surface area contributed by atoms with Gasteiger partial charge in [-0.05, 0) is 24.3 Å². The molecule has 1 fully saturated rings. The van der Waals surface area contributed by atoms with E-state index in [1.54, 1.807) is 24.3 Å². The van der Waals surface area contributed by atoms with E-state index in [4.69, 9.17) is 11.6 Å². The van der Waals surface area contributed by atoms with Crippen LogP contribution >= 0.6 is 11.6 Å². The summed E-state index contributed by atoms with van der Waals surface area (Å²) in [4.78, 5) is 21.1. The smallest absolute Gasteiger partial charge is 0.263 e. The van der Waals surface area contributed by atoms with Crippen LogP contribution in [-0.4, -0.2) is 57.8 Å². The lowest BCUT2D eigenvalue weighted by atomic mass is 10.2. The van der Waals surface area contributed by atoms with Crippen molar-refractivity contribution in [3.63, 3.8) is 0 Å². The second-order valence-electron chi connectivity index (χ2n) is 6.90. The lowest BCUT2D eigenvalue weighted by molar-refractivity contribution is -0.131. The first-order chi connectivity index (χ1) is 14.0. The Labute approximate surface area is 175 Å². The maximum Gasteiger partial charge on any atom is 0.263 e. The molecule has 29 heavy (non-hydrogen) atoms. The summed E-state index contributed by atoms with van der Waals surface area (Å²) < 4.78 is 26.7. The molecule has 7 nitrogen and oxygen atoms in total. The Bertz CT molecular complexity index is 1060. The summed E-state index contributed by atoms with van der Waals surface area (Å²) >= 11 is 6.26. The van der Waals surface area contributed by atoms with E-state index in [0.29, 0.717) is 29.5 Å². The number of piperazine rings is 1. The van der Waals surface area contributed by atoms with Gasteiger partial charge >= 0.3 is 0 Å². The van der Waals surface area contributed by atoms with Gasteiger partial charge in [-0.25, -0.2) is 8.42 Å². The number of halogens is 1. The maximum atomic E-state index is 12.5. The Kier molecular flexibility index (Phi) is 5.47. The minimum atomic E-state index is -3.55. The summed E-state index contributed by atoms with van der Waals surface area (Å²) in [5, 5.41) is 0.711. The van der Waals surface area contributed by atoms with E-state index in [0.717, 1.165) is 18.8 Å². The Morgan fingerprint density at radius 2 is 1.72 bits per heavy atom. The van der Waals surface area contributed by atoms with Gasteiger partial charge in [0.05, 0.1) is 22.2 Å². The number of nitrogens with zero attached hydrogens (tertiary/aromatic N) is 3. The number of fused-ring (bicyclic) bond motifs is 1. The van der Waals surface area contributed by atoms with Gasteiger partial charge in [0.15, 0.2) is 0 Å². The topological polar surface area (TPSA) is 82.1 Å². The van der Waals surface area contributed by atoms with E-state index < -0.39 is 10.0 Å². The number of carbonyl (C=O) groups is 1. The van der Waals surface area contributed by atoms with Gasteiger partial charge in [0.25, 0.3) is 10.0 Å². The van der Waals surface area contributed by atoms with E-state index in [1.807, 2.05) is 29.2 Å². The van der Waals surface area contributed by atoms with Crippen LogP contribution < -0.4 is 9.62 Å². The first-order valence-corrected chi connectivity index (χ1v) is 11.3. The number of rotatable bonds is 4. The lowest BCUT2D eigenvalue weighted by Gasteiger charge is -2.36. The van der Waals surface area contributed by atoms with Crippen molar-refractivity contribution in [2.24, 2.45) is 4.99 Å². The number of para-hydroxylation sites is 1. The average Bonchev–Trinajstić information content (AvgIpc) is 2.99. The predicted octanol–water partition coefficient (Wildman–Crippen LogP) is 2.12. The summed E-state index contributed by atoms with van der Waals surface area (Å²) in [7, 11) is -3.55. The molecular formula is C20H21ClN4O3S. The highest BCUT2D eigenvalue weighted by atomic mass is 35.5. The van der Waals surface area contributed by atoms with E-state index in [9.17, 15) is 13.2 Å². The molecule has 9 heteroatoms. The van der Waals surface area contributed by atoms with Crippen molar-refractivity contribution in [2.75, 3.05) is 37.6 Å². The third-order valence-electron chi connectivity index (χ3n) is 5.08. The minimum absolute atomic E-state index is 0.0160.